The van der Waals surface area contributed by atoms with Crippen molar-refractivity contribution in [1.82, 2.24) is 5.32 Å². The fourth-order valence-corrected chi connectivity index (χ4v) is 5.15. The maximum Gasteiger partial charge on any atom is 0.101 e. The van der Waals surface area contributed by atoms with Crippen LogP contribution < -0.4 is 5.32 Å². The summed E-state index contributed by atoms with van der Waals surface area (Å²) in [5, 5.41) is 15.1. The molecule has 0 bridgehead atoms. The number of halogens is 1. The molecule has 154 valence electrons. The molecule has 1 heterocycles. The Bertz CT molecular complexity index is 688. The Morgan fingerprint density at radius 2 is 2.07 bits per heavy atom. The minimum absolute atomic E-state index is 0.816. The molecule has 0 aromatic heterocycles. The molecule has 0 fully saturated rings. The maximum absolute atomic E-state index is 9.61. The van der Waals surface area contributed by atoms with E-state index in [-0.39, 0.29) is 0 Å². The molecular weight excluding hydrogens is 448 g/mol. The highest BCUT2D eigenvalue weighted by Gasteiger charge is 2.24. The second-order valence-corrected chi connectivity index (χ2v) is 9.44. The number of nitrogens with zero attached hydrogens (tertiary/aromatic N) is 1. The summed E-state index contributed by atoms with van der Waals surface area (Å²) in [4.78, 5) is 0. The molecule has 28 heavy (non-hydrogen) atoms. The fourth-order valence-electron chi connectivity index (χ4n) is 2.78. The first-order chi connectivity index (χ1) is 13.5. The summed E-state index contributed by atoms with van der Waals surface area (Å²) in [5.41, 5.74) is 5.98. The minimum Gasteiger partial charge on any atom is -0.391 e. The first-order valence-corrected chi connectivity index (χ1v) is 12.5. The highest BCUT2D eigenvalue weighted by molar-refractivity contribution is 9.14. The van der Waals surface area contributed by atoms with E-state index in [4.69, 9.17) is 0 Å². The molecule has 5 heteroatoms. The lowest BCUT2D eigenvalue weighted by atomic mass is 9.92. The largest absolute Gasteiger partial charge is 0.391 e. The number of hydrogen-bond donors (Lipinski definition) is 1. The number of terminal acetylenes is 1. The van der Waals surface area contributed by atoms with Gasteiger partial charge in [-0.2, -0.15) is 5.26 Å². The Morgan fingerprint density at radius 3 is 2.61 bits per heavy atom. The number of rotatable bonds is 10. The molecule has 0 atom stereocenters. The number of hydrogen-bond acceptors (Lipinski definition) is 4. The second kappa shape index (κ2) is 16.9. The molecule has 1 N–H and O–H groups in total. The summed E-state index contributed by atoms with van der Waals surface area (Å²) >= 11 is 7.09. The van der Waals surface area contributed by atoms with Crippen LogP contribution in [-0.4, -0.2) is 18.6 Å². The number of allylic oxidation sites excluding steroid dienone is 4. The third kappa shape index (κ3) is 9.46. The van der Waals surface area contributed by atoms with Gasteiger partial charge in [-0.05, 0) is 71.7 Å². The van der Waals surface area contributed by atoms with Gasteiger partial charge in [0, 0.05) is 24.3 Å². The molecule has 0 spiro atoms. The zero-order valence-electron chi connectivity index (χ0n) is 17.8. The zero-order chi connectivity index (χ0) is 21.4. The van der Waals surface area contributed by atoms with Gasteiger partial charge in [-0.1, -0.05) is 32.3 Å². The summed E-state index contributed by atoms with van der Waals surface area (Å²) < 4.78 is 0.978. The molecule has 1 rings (SSSR count). The number of unbranched alkanes of at least 4 members (excludes halogenated alkanes) is 3. The maximum atomic E-state index is 9.61. The number of thioether (sulfide) groups is 2. The zero-order valence-corrected chi connectivity index (χ0v) is 21.0. The van der Waals surface area contributed by atoms with E-state index in [1.165, 1.54) is 48.1 Å². The smallest absolute Gasteiger partial charge is 0.101 e. The van der Waals surface area contributed by atoms with Gasteiger partial charge in [-0.3, -0.25) is 0 Å². The van der Waals surface area contributed by atoms with Crippen molar-refractivity contribution in [2.45, 2.75) is 59.8 Å². The van der Waals surface area contributed by atoms with E-state index in [1.807, 2.05) is 14.0 Å². The fraction of sp³-hybridized carbons (Fsp3) is 0.522. The minimum atomic E-state index is 0.816. The normalized spacial score (nSPS) is 16.1. The molecule has 1 aliphatic rings. The van der Waals surface area contributed by atoms with Crippen LogP contribution in [0, 0.1) is 23.7 Å². The van der Waals surface area contributed by atoms with Crippen LogP contribution in [0.15, 0.2) is 43.3 Å². The molecule has 0 amide bonds. The van der Waals surface area contributed by atoms with Crippen LogP contribution in [0.3, 0.4) is 0 Å². The highest BCUT2D eigenvalue weighted by Crippen LogP contribution is 2.43. The number of nitriles is 1. The molecule has 0 saturated heterocycles. The standard InChI is InChI=1S/C20H29BrN2S2.C3H4/c1-5-7-8-9-10-16(15(3)23-4)18(13-24-11-6-2)19-14-25-20(21)17(19)12-22;1-3-2/h6,11,23H,5,7-10,13-14H2,1-4H3;1H,2H3/b11-6-,16-15-,19-18+;. The van der Waals surface area contributed by atoms with Gasteiger partial charge in [0.15, 0.2) is 0 Å². The lowest BCUT2D eigenvalue weighted by molar-refractivity contribution is 0.661. The van der Waals surface area contributed by atoms with E-state index in [0.29, 0.717) is 0 Å². The van der Waals surface area contributed by atoms with Crippen LogP contribution in [0.2, 0.25) is 0 Å². The molecule has 0 radical (unpaired) electrons. The molecule has 1 aliphatic heterocycles. The summed E-state index contributed by atoms with van der Waals surface area (Å²) in [6.45, 7) is 8.10. The summed E-state index contributed by atoms with van der Waals surface area (Å²) in [6, 6.07) is 2.41. The highest BCUT2D eigenvalue weighted by atomic mass is 79.9. The van der Waals surface area contributed by atoms with Crippen molar-refractivity contribution in [2.75, 3.05) is 18.6 Å². The molecule has 0 saturated carbocycles. The van der Waals surface area contributed by atoms with Crippen molar-refractivity contribution in [3.63, 3.8) is 0 Å². The third-order valence-corrected chi connectivity index (χ3v) is 7.14. The molecule has 2 nitrogen and oxygen atoms in total. The van der Waals surface area contributed by atoms with E-state index in [9.17, 15) is 5.26 Å². The summed E-state index contributed by atoms with van der Waals surface area (Å²) in [5.74, 6) is 4.04. The van der Waals surface area contributed by atoms with Crippen molar-refractivity contribution < 1.29 is 0 Å². The van der Waals surface area contributed by atoms with Crippen molar-refractivity contribution >= 4 is 39.5 Å². The van der Waals surface area contributed by atoms with Gasteiger partial charge in [-0.25, -0.2) is 0 Å². The van der Waals surface area contributed by atoms with Gasteiger partial charge in [0.1, 0.15) is 6.07 Å². The predicted octanol–water partition coefficient (Wildman–Crippen LogP) is 7.53. The van der Waals surface area contributed by atoms with E-state index in [1.54, 1.807) is 30.4 Å². The predicted molar refractivity (Wildman–Crippen MR) is 133 cm³/mol. The van der Waals surface area contributed by atoms with Crippen LogP contribution in [0.5, 0.6) is 0 Å². The quantitative estimate of drug-likeness (QED) is 0.258. The number of nitrogens with one attached hydrogen (secondary N) is 1. The Hall–Kier alpha value is -1.01. The van der Waals surface area contributed by atoms with E-state index in [2.05, 4.69) is 65.0 Å². The Kier molecular flexibility index (Phi) is 16.3. The van der Waals surface area contributed by atoms with Crippen LogP contribution in [0.25, 0.3) is 0 Å². The SMILES string of the molecule is C#CC.C/C=C\SCC(/C(CCCCCC)=C(/C)NC)=C1/CSC(Br)=C1C#N. The first-order valence-electron chi connectivity index (χ1n) is 9.65. The summed E-state index contributed by atoms with van der Waals surface area (Å²) in [6.07, 6.45) is 12.7. The average molecular weight is 482 g/mol. The van der Waals surface area contributed by atoms with Gasteiger partial charge in [-0.15, -0.1) is 35.9 Å². The summed E-state index contributed by atoms with van der Waals surface area (Å²) in [7, 11) is 1.99. The van der Waals surface area contributed by atoms with E-state index in [0.717, 1.165) is 27.3 Å². The van der Waals surface area contributed by atoms with Crippen LogP contribution in [0.1, 0.15) is 59.8 Å². The van der Waals surface area contributed by atoms with E-state index < -0.39 is 0 Å². The van der Waals surface area contributed by atoms with Crippen LogP contribution in [0.4, 0.5) is 0 Å². The Labute approximate surface area is 189 Å². The van der Waals surface area contributed by atoms with Crippen LogP contribution in [-0.2, 0) is 0 Å². The van der Waals surface area contributed by atoms with Gasteiger partial charge in [0.2, 0.25) is 0 Å². The topological polar surface area (TPSA) is 35.8 Å². The second-order valence-electron chi connectivity index (χ2n) is 6.24. The first kappa shape index (κ1) is 27.0. The van der Waals surface area contributed by atoms with Crippen molar-refractivity contribution in [3.8, 4) is 18.4 Å². The molecular formula is C23H33BrN2S2. The third-order valence-electron chi connectivity index (χ3n) is 4.25. The lowest BCUT2D eigenvalue weighted by Crippen LogP contribution is -2.11. The molecule has 0 unspecified atom stereocenters. The van der Waals surface area contributed by atoms with Gasteiger partial charge in [0.05, 0.1) is 9.39 Å². The van der Waals surface area contributed by atoms with Crippen molar-refractivity contribution in [3.05, 3.63) is 43.3 Å². The van der Waals surface area contributed by atoms with Crippen molar-refractivity contribution in [1.29, 1.82) is 5.26 Å². The van der Waals surface area contributed by atoms with Gasteiger partial charge in [0.25, 0.3) is 0 Å². The molecule has 0 aromatic rings. The van der Waals surface area contributed by atoms with Crippen LogP contribution >= 0.6 is 39.5 Å². The van der Waals surface area contributed by atoms with Crippen molar-refractivity contribution in [2.24, 2.45) is 0 Å². The molecule has 0 aliphatic carbocycles. The monoisotopic (exact) mass is 480 g/mol. The average Bonchev–Trinajstić information content (AvgIpc) is 3.06. The Balaban J connectivity index is 0.00000227. The van der Waals surface area contributed by atoms with Gasteiger partial charge < -0.3 is 5.32 Å². The Morgan fingerprint density at radius 1 is 1.39 bits per heavy atom. The van der Waals surface area contributed by atoms with Gasteiger partial charge >= 0.3 is 0 Å². The van der Waals surface area contributed by atoms with E-state index >= 15 is 0 Å². The lowest BCUT2D eigenvalue weighted by Gasteiger charge is -2.18. The molecule has 0 aromatic carbocycles.